The van der Waals surface area contributed by atoms with Gasteiger partial charge < -0.3 is 44.0 Å². The molecular formula is H13Ca2O12P3. The van der Waals surface area contributed by atoms with E-state index in [-0.39, 0.29) is 75.5 Å². The van der Waals surface area contributed by atoms with Crippen LogP contribution in [0.25, 0.3) is 0 Å². The average molecular weight is 378 g/mol. The Morgan fingerprint density at radius 3 is 0.412 bits per heavy atom. The first kappa shape index (κ1) is 32.0. The van der Waals surface area contributed by atoms with Gasteiger partial charge in [-0.1, -0.05) is 0 Å². The molecule has 0 radical (unpaired) electrons. The third-order valence-electron chi connectivity index (χ3n) is 0. The minimum absolute atomic E-state index is 0. The van der Waals surface area contributed by atoms with Crippen molar-refractivity contribution < 1.29 is 57.7 Å². The predicted octanol–water partition coefficient (Wildman–Crippen LogP) is -4.62. The van der Waals surface area contributed by atoms with Crippen LogP contribution in [0.2, 0.25) is 0 Å². The van der Waals surface area contributed by atoms with Gasteiger partial charge in [0.25, 0.3) is 0 Å². The molecule has 0 aliphatic carbocycles. The summed E-state index contributed by atoms with van der Waals surface area (Å²) in [7, 11) is -13.9. The Hall–Kier alpha value is 2.85. The second kappa shape index (κ2) is 13.8. The summed E-state index contributed by atoms with van der Waals surface area (Å²) in [6, 6.07) is 0. The summed E-state index contributed by atoms with van der Waals surface area (Å²) in [5.41, 5.74) is 0. The molecule has 0 unspecified atom stereocenters. The van der Waals surface area contributed by atoms with E-state index in [0.717, 1.165) is 0 Å². The van der Waals surface area contributed by atoms with Crippen molar-refractivity contribution in [2.45, 2.75) is 0 Å². The molecule has 0 aromatic rings. The van der Waals surface area contributed by atoms with Crippen LogP contribution in [0.3, 0.4) is 0 Å². The summed E-state index contributed by atoms with van der Waals surface area (Å²) in [6.45, 7) is 0. The third-order valence-corrected chi connectivity index (χ3v) is 0. The van der Waals surface area contributed by atoms with Crippen LogP contribution in [0.15, 0.2) is 0 Å². The van der Waals surface area contributed by atoms with Crippen LogP contribution in [0.5, 0.6) is 0 Å². The van der Waals surface area contributed by atoms with Crippen molar-refractivity contribution in [2.75, 3.05) is 0 Å². The van der Waals surface area contributed by atoms with E-state index in [1.54, 1.807) is 0 Å². The SMILES string of the molecule is O=P(O)(O)O.O=P(O)(O)O.O=P(O)(O)O.[CaH2].[CaH2]. The van der Waals surface area contributed by atoms with Crippen molar-refractivity contribution in [3.8, 4) is 0 Å². The summed E-state index contributed by atoms with van der Waals surface area (Å²) in [5, 5.41) is 0. The number of rotatable bonds is 0. The van der Waals surface area contributed by atoms with E-state index in [9.17, 15) is 0 Å². The van der Waals surface area contributed by atoms with E-state index >= 15 is 0 Å². The summed E-state index contributed by atoms with van der Waals surface area (Å²) < 4.78 is 26.6. The van der Waals surface area contributed by atoms with Crippen molar-refractivity contribution in [1.29, 1.82) is 0 Å². The fraction of sp³-hybridized carbons (Fsp3) is 0. The molecule has 17 heavy (non-hydrogen) atoms. The van der Waals surface area contributed by atoms with E-state index in [4.69, 9.17) is 57.7 Å². The summed E-state index contributed by atoms with van der Waals surface area (Å²) in [4.78, 5) is 64.7. The molecule has 0 spiro atoms. The van der Waals surface area contributed by atoms with Crippen molar-refractivity contribution >= 4 is 98.9 Å². The van der Waals surface area contributed by atoms with Crippen LogP contribution in [-0.2, 0) is 13.7 Å². The molecule has 104 valence electrons. The minimum atomic E-state index is -4.64. The molecule has 0 aromatic heterocycles. The van der Waals surface area contributed by atoms with Gasteiger partial charge in [-0.3, -0.25) is 0 Å². The van der Waals surface area contributed by atoms with Crippen LogP contribution >= 0.6 is 23.5 Å². The van der Waals surface area contributed by atoms with Crippen molar-refractivity contribution in [1.82, 2.24) is 0 Å². The summed E-state index contributed by atoms with van der Waals surface area (Å²) >= 11 is 0. The predicted molar refractivity (Wildman–Crippen MR) is 59.9 cm³/mol. The molecule has 0 fully saturated rings. The van der Waals surface area contributed by atoms with Gasteiger partial charge in [-0.05, 0) is 0 Å². The zero-order valence-electron chi connectivity index (χ0n) is 6.59. The topological polar surface area (TPSA) is 233 Å². The quantitative estimate of drug-likeness (QED) is 0.143. The fourth-order valence-electron chi connectivity index (χ4n) is 0. The van der Waals surface area contributed by atoms with E-state index in [2.05, 4.69) is 0 Å². The van der Waals surface area contributed by atoms with Gasteiger partial charge in [-0.15, -0.1) is 0 Å². The van der Waals surface area contributed by atoms with Crippen molar-refractivity contribution in [3.63, 3.8) is 0 Å². The average Bonchev–Trinajstić information content (AvgIpc) is 1.41. The molecule has 0 heterocycles. The Bertz CT molecular complexity index is 206. The summed E-state index contributed by atoms with van der Waals surface area (Å²) in [6.07, 6.45) is 0. The van der Waals surface area contributed by atoms with Gasteiger partial charge >= 0.3 is 98.9 Å². The Morgan fingerprint density at radius 2 is 0.412 bits per heavy atom. The first-order chi connectivity index (χ1) is 6.00. The second-order valence-electron chi connectivity index (χ2n) is 1.54. The fourth-order valence-corrected chi connectivity index (χ4v) is 0. The van der Waals surface area contributed by atoms with Crippen LogP contribution in [0, 0.1) is 0 Å². The molecule has 0 amide bonds. The molecule has 0 saturated heterocycles. The standard InChI is InChI=1S/2Ca.3H3O4P.4H/c;;3*1-5(2,3)4;;;;/h;;3*(H3,1,2,3,4);;;;. The van der Waals surface area contributed by atoms with Gasteiger partial charge in [0.15, 0.2) is 0 Å². The van der Waals surface area contributed by atoms with E-state index in [1.165, 1.54) is 0 Å². The Morgan fingerprint density at radius 1 is 0.412 bits per heavy atom. The van der Waals surface area contributed by atoms with Gasteiger partial charge in [0, 0.05) is 0 Å². The zero-order valence-corrected chi connectivity index (χ0v) is 9.27. The summed E-state index contributed by atoms with van der Waals surface area (Å²) in [5.74, 6) is 0. The molecule has 0 aliphatic rings. The van der Waals surface area contributed by atoms with Crippen LogP contribution in [0.4, 0.5) is 0 Å². The molecule has 0 aromatic carbocycles. The number of phosphoric acid groups is 3. The normalized spacial score (nSPS) is 10.4. The molecule has 17 heteroatoms. The van der Waals surface area contributed by atoms with Gasteiger partial charge in [-0.25, -0.2) is 13.7 Å². The molecule has 0 bridgehead atoms. The molecule has 0 atom stereocenters. The van der Waals surface area contributed by atoms with E-state index in [1.807, 2.05) is 0 Å². The molecule has 0 aliphatic heterocycles. The van der Waals surface area contributed by atoms with E-state index in [0.29, 0.717) is 0 Å². The Labute approximate surface area is 154 Å². The van der Waals surface area contributed by atoms with Gasteiger partial charge in [-0.2, -0.15) is 0 Å². The Kier molecular flexibility index (Phi) is 26.0. The first-order valence-corrected chi connectivity index (χ1v) is 7.04. The molecular weight excluding hydrogens is 365 g/mol. The third kappa shape index (κ3) is 659. The van der Waals surface area contributed by atoms with Crippen LogP contribution < -0.4 is 0 Å². The molecule has 0 saturated carbocycles. The maximum absolute atomic E-state index is 8.88. The van der Waals surface area contributed by atoms with Crippen molar-refractivity contribution in [2.24, 2.45) is 0 Å². The molecule has 0 rings (SSSR count). The monoisotopic (exact) mass is 378 g/mol. The van der Waals surface area contributed by atoms with Gasteiger partial charge in [0.2, 0.25) is 0 Å². The number of hydrogen-bond donors (Lipinski definition) is 9. The van der Waals surface area contributed by atoms with Crippen molar-refractivity contribution in [3.05, 3.63) is 0 Å². The number of hydrogen-bond acceptors (Lipinski definition) is 3. The van der Waals surface area contributed by atoms with Crippen LogP contribution in [-0.4, -0.2) is 120 Å². The maximum atomic E-state index is 8.88. The second-order valence-corrected chi connectivity index (χ2v) is 4.62. The first-order valence-electron chi connectivity index (χ1n) is 2.35. The van der Waals surface area contributed by atoms with Crippen LogP contribution in [0.1, 0.15) is 0 Å². The van der Waals surface area contributed by atoms with Gasteiger partial charge in [0.1, 0.15) is 0 Å². The van der Waals surface area contributed by atoms with Gasteiger partial charge in [0.05, 0.1) is 0 Å². The van der Waals surface area contributed by atoms with E-state index < -0.39 is 23.5 Å². The molecule has 12 nitrogen and oxygen atoms in total. The zero-order chi connectivity index (χ0) is 13.5. The molecule has 9 N–H and O–H groups in total. The Balaban J connectivity index is -0.0000000400.